The summed E-state index contributed by atoms with van der Waals surface area (Å²) in [6.07, 6.45) is 2.31. The number of thioether (sulfide) groups is 1. The fraction of sp³-hybridized carbons (Fsp3) is 0.171. The molecule has 0 bridgehead atoms. The van der Waals surface area contributed by atoms with Crippen LogP contribution in [0.1, 0.15) is 55.0 Å². The smallest absolute Gasteiger partial charge is 0.0991 e. The number of rotatable bonds is 13. The van der Waals surface area contributed by atoms with Crippen molar-refractivity contribution >= 4 is 34.8 Å². The standard InChI is InChI=1S/C33H33N3OS.C2H6/c1-6-28-12-16-33(17-13-28)36(27(5)38-23-24(2)32-9-7-8-30(20-32)21-34)22-29-10-14-31(15-11-29)26(4)35-19-18-25(3)37;1-2/h6-17,20,23,35,37H,1,3-5,18-19,22H2,2H3;1-2H3/b24-23+;. The van der Waals surface area contributed by atoms with Gasteiger partial charge in [0.15, 0.2) is 0 Å². The Bertz CT molecular complexity index is 1380. The van der Waals surface area contributed by atoms with Crippen molar-refractivity contribution in [3.05, 3.63) is 143 Å². The number of allylic oxidation sites excluding steroid dienone is 1. The van der Waals surface area contributed by atoms with E-state index >= 15 is 0 Å². The number of hydrogen-bond donors (Lipinski definition) is 2. The lowest BCUT2D eigenvalue weighted by molar-refractivity contribution is 0.391. The summed E-state index contributed by atoms with van der Waals surface area (Å²) in [4.78, 5) is 2.18. The fourth-order valence-corrected chi connectivity index (χ4v) is 4.44. The molecule has 3 aromatic rings. The first-order valence-corrected chi connectivity index (χ1v) is 14.1. The summed E-state index contributed by atoms with van der Waals surface area (Å²) in [5.74, 6) is 0.153. The Kier molecular flexibility index (Phi) is 13.2. The van der Waals surface area contributed by atoms with Gasteiger partial charge in [0.2, 0.25) is 0 Å². The van der Waals surface area contributed by atoms with E-state index in [-0.39, 0.29) is 5.76 Å². The van der Waals surface area contributed by atoms with Crippen molar-refractivity contribution in [2.45, 2.75) is 33.7 Å². The minimum Gasteiger partial charge on any atom is -0.513 e. The average molecular weight is 550 g/mol. The molecule has 206 valence electrons. The Morgan fingerprint density at radius 3 is 2.27 bits per heavy atom. The van der Waals surface area contributed by atoms with Crippen LogP contribution in [0.2, 0.25) is 0 Å². The molecule has 0 fully saturated rings. The molecular weight excluding hydrogens is 510 g/mol. The summed E-state index contributed by atoms with van der Waals surface area (Å²) in [5, 5.41) is 24.7. The first-order valence-electron chi connectivity index (χ1n) is 13.2. The second-order valence-electron chi connectivity index (χ2n) is 8.81. The van der Waals surface area contributed by atoms with Gasteiger partial charge in [0.25, 0.3) is 0 Å². The van der Waals surface area contributed by atoms with Crippen molar-refractivity contribution in [1.29, 1.82) is 5.26 Å². The molecule has 3 aromatic carbocycles. The van der Waals surface area contributed by atoms with Gasteiger partial charge in [-0.25, -0.2) is 0 Å². The topological polar surface area (TPSA) is 59.3 Å². The Morgan fingerprint density at radius 1 is 1.00 bits per heavy atom. The number of aliphatic hydroxyl groups excluding tert-OH is 1. The highest BCUT2D eigenvalue weighted by molar-refractivity contribution is 8.06. The molecule has 0 saturated carbocycles. The lowest BCUT2D eigenvalue weighted by Crippen LogP contribution is -2.19. The Morgan fingerprint density at radius 2 is 1.68 bits per heavy atom. The average Bonchev–Trinajstić information content (AvgIpc) is 2.99. The number of nitrogens with one attached hydrogen (secondary N) is 1. The molecule has 40 heavy (non-hydrogen) atoms. The highest BCUT2D eigenvalue weighted by Gasteiger charge is 2.12. The highest BCUT2D eigenvalue weighted by Crippen LogP contribution is 2.31. The monoisotopic (exact) mass is 549 g/mol. The van der Waals surface area contributed by atoms with Crippen LogP contribution in [-0.2, 0) is 6.54 Å². The molecule has 0 aliphatic rings. The summed E-state index contributed by atoms with van der Waals surface area (Å²) in [6, 6.07) is 26.3. The second-order valence-corrected chi connectivity index (χ2v) is 9.75. The third-order valence-electron chi connectivity index (χ3n) is 5.96. The molecule has 0 atom stereocenters. The van der Waals surface area contributed by atoms with E-state index in [9.17, 15) is 10.4 Å². The lowest BCUT2D eigenvalue weighted by Gasteiger charge is -2.26. The number of anilines is 1. The SMILES string of the molecule is C=Cc1ccc(N(Cc2ccc(C(=C)NCCC(=C)O)cc2)C(=C)S/C=C(\C)c2cccc(C#N)c2)cc1.CC. The van der Waals surface area contributed by atoms with Crippen LogP contribution >= 0.6 is 11.8 Å². The Hall–Kier alpha value is -4.40. The van der Waals surface area contributed by atoms with Gasteiger partial charge in [-0.15, -0.1) is 0 Å². The molecule has 0 saturated heterocycles. The van der Waals surface area contributed by atoms with Crippen LogP contribution in [0.15, 0.2) is 115 Å². The maximum atomic E-state index is 9.27. The summed E-state index contributed by atoms with van der Waals surface area (Å²) in [6.45, 7) is 23.1. The summed E-state index contributed by atoms with van der Waals surface area (Å²) in [5.41, 5.74) is 7.73. The maximum Gasteiger partial charge on any atom is 0.0991 e. The molecule has 3 rings (SSSR count). The predicted octanol–water partition coefficient (Wildman–Crippen LogP) is 9.52. The summed E-state index contributed by atoms with van der Waals surface area (Å²) < 4.78 is 0. The Balaban J connectivity index is 0.00000274. The molecule has 5 heteroatoms. The number of nitriles is 1. The largest absolute Gasteiger partial charge is 0.513 e. The van der Waals surface area contributed by atoms with E-state index in [0.29, 0.717) is 25.1 Å². The van der Waals surface area contributed by atoms with Crippen LogP contribution in [0.4, 0.5) is 5.69 Å². The van der Waals surface area contributed by atoms with E-state index in [2.05, 4.69) is 72.3 Å². The van der Waals surface area contributed by atoms with Crippen molar-refractivity contribution in [2.24, 2.45) is 0 Å². The molecule has 0 amide bonds. The van der Waals surface area contributed by atoms with Gasteiger partial charge in [-0.2, -0.15) is 5.26 Å². The lowest BCUT2D eigenvalue weighted by atomic mass is 10.1. The van der Waals surface area contributed by atoms with E-state index in [0.717, 1.165) is 44.2 Å². The van der Waals surface area contributed by atoms with Crippen LogP contribution < -0.4 is 10.2 Å². The van der Waals surface area contributed by atoms with Gasteiger partial charge in [0.05, 0.1) is 22.4 Å². The maximum absolute atomic E-state index is 9.27. The van der Waals surface area contributed by atoms with Gasteiger partial charge in [0, 0.05) is 30.9 Å². The molecule has 0 radical (unpaired) electrons. The van der Waals surface area contributed by atoms with E-state index in [1.54, 1.807) is 17.8 Å². The number of aliphatic hydroxyl groups is 1. The third kappa shape index (κ3) is 9.72. The van der Waals surface area contributed by atoms with Crippen molar-refractivity contribution in [3.8, 4) is 6.07 Å². The molecule has 0 unspecified atom stereocenters. The van der Waals surface area contributed by atoms with E-state index in [1.807, 2.05) is 69.3 Å². The molecule has 0 aliphatic heterocycles. The quantitative estimate of drug-likeness (QED) is 0.208. The molecule has 4 nitrogen and oxygen atoms in total. The number of nitrogens with zero attached hydrogens (tertiary/aromatic N) is 2. The van der Waals surface area contributed by atoms with Gasteiger partial charge in [-0.1, -0.05) is 107 Å². The second kappa shape index (κ2) is 16.5. The highest BCUT2D eigenvalue weighted by atomic mass is 32.2. The van der Waals surface area contributed by atoms with Crippen molar-refractivity contribution in [1.82, 2.24) is 5.32 Å². The molecule has 0 heterocycles. The van der Waals surface area contributed by atoms with Gasteiger partial charge < -0.3 is 15.3 Å². The molecule has 0 aliphatic carbocycles. The molecular formula is C35H39N3OS. The first kappa shape index (κ1) is 31.8. The zero-order valence-corrected chi connectivity index (χ0v) is 24.6. The molecule has 2 N–H and O–H groups in total. The fourth-order valence-electron chi connectivity index (χ4n) is 3.69. The molecule has 0 aromatic heterocycles. The number of hydrogen-bond acceptors (Lipinski definition) is 5. The number of benzene rings is 3. The van der Waals surface area contributed by atoms with Crippen molar-refractivity contribution in [3.63, 3.8) is 0 Å². The zero-order chi connectivity index (χ0) is 29.5. The summed E-state index contributed by atoms with van der Waals surface area (Å²) >= 11 is 1.56. The van der Waals surface area contributed by atoms with E-state index in [1.165, 1.54) is 0 Å². The molecule has 0 spiro atoms. The van der Waals surface area contributed by atoms with Crippen LogP contribution in [0.5, 0.6) is 0 Å². The van der Waals surface area contributed by atoms with Crippen LogP contribution in [0, 0.1) is 11.3 Å². The van der Waals surface area contributed by atoms with Crippen molar-refractivity contribution in [2.75, 3.05) is 11.4 Å². The predicted molar refractivity (Wildman–Crippen MR) is 175 cm³/mol. The van der Waals surface area contributed by atoms with Gasteiger partial charge in [0.1, 0.15) is 0 Å². The van der Waals surface area contributed by atoms with E-state index < -0.39 is 0 Å². The van der Waals surface area contributed by atoms with Gasteiger partial charge in [-0.05, 0) is 64.4 Å². The van der Waals surface area contributed by atoms with Crippen molar-refractivity contribution < 1.29 is 5.11 Å². The minimum atomic E-state index is 0.153. The Labute approximate surface area is 244 Å². The normalized spacial score (nSPS) is 10.4. The van der Waals surface area contributed by atoms with Gasteiger partial charge >= 0.3 is 0 Å². The van der Waals surface area contributed by atoms with Crippen LogP contribution in [-0.4, -0.2) is 11.7 Å². The first-order chi connectivity index (χ1) is 19.3. The minimum absolute atomic E-state index is 0.153. The van der Waals surface area contributed by atoms with E-state index in [4.69, 9.17) is 0 Å². The third-order valence-corrected chi connectivity index (χ3v) is 6.92. The van der Waals surface area contributed by atoms with Gasteiger partial charge in [-0.3, -0.25) is 0 Å². The van der Waals surface area contributed by atoms with Crippen LogP contribution in [0.3, 0.4) is 0 Å². The zero-order valence-electron chi connectivity index (χ0n) is 23.8. The summed E-state index contributed by atoms with van der Waals surface area (Å²) in [7, 11) is 0. The van der Waals surface area contributed by atoms with Crippen LogP contribution in [0.25, 0.3) is 17.3 Å².